The van der Waals surface area contributed by atoms with E-state index in [1.807, 2.05) is 20.8 Å². The highest BCUT2D eigenvalue weighted by atomic mass is 16.5. The molecule has 0 saturated heterocycles. The van der Waals surface area contributed by atoms with Crippen LogP contribution in [0.1, 0.15) is 31.1 Å². The third kappa shape index (κ3) is 6.82. The van der Waals surface area contributed by atoms with Crippen LogP contribution in [-0.2, 0) is 14.3 Å². The number of amides is 2. The molecular weight excluding hydrogens is 300 g/mol. The summed E-state index contributed by atoms with van der Waals surface area (Å²) in [5, 5.41) is 5.08. The summed E-state index contributed by atoms with van der Waals surface area (Å²) in [7, 11) is 1.45. The van der Waals surface area contributed by atoms with Crippen LogP contribution in [-0.4, -0.2) is 43.6 Å². The molecule has 2 N–H and O–H groups in total. The second-order valence-electron chi connectivity index (χ2n) is 5.84. The van der Waals surface area contributed by atoms with Crippen molar-refractivity contribution in [3.8, 4) is 5.75 Å². The van der Waals surface area contributed by atoms with Crippen molar-refractivity contribution in [3.63, 3.8) is 0 Å². The van der Waals surface area contributed by atoms with Gasteiger partial charge in [-0.1, -0.05) is 12.1 Å². The Hall–Kier alpha value is -2.57. The molecule has 0 saturated carbocycles. The van der Waals surface area contributed by atoms with Crippen LogP contribution in [0.4, 0.5) is 0 Å². The molecule has 1 aromatic carbocycles. The molecule has 0 heterocycles. The summed E-state index contributed by atoms with van der Waals surface area (Å²) in [5.74, 6) is -1.15. The van der Waals surface area contributed by atoms with Gasteiger partial charge in [-0.15, -0.1) is 0 Å². The van der Waals surface area contributed by atoms with Gasteiger partial charge in [0.15, 0.2) is 6.61 Å². The molecule has 0 aromatic heterocycles. The molecule has 0 radical (unpaired) electrons. The van der Waals surface area contributed by atoms with E-state index in [9.17, 15) is 14.4 Å². The zero-order chi connectivity index (χ0) is 17.5. The van der Waals surface area contributed by atoms with Crippen molar-refractivity contribution in [1.29, 1.82) is 0 Å². The first-order valence-corrected chi connectivity index (χ1v) is 7.11. The Morgan fingerprint density at radius 2 is 1.78 bits per heavy atom. The van der Waals surface area contributed by atoms with E-state index in [0.29, 0.717) is 11.3 Å². The Morgan fingerprint density at radius 1 is 1.13 bits per heavy atom. The fourth-order valence-electron chi connectivity index (χ4n) is 1.73. The van der Waals surface area contributed by atoms with E-state index in [-0.39, 0.29) is 13.2 Å². The topological polar surface area (TPSA) is 93.7 Å². The molecule has 2 amide bonds. The van der Waals surface area contributed by atoms with Gasteiger partial charge in [-0.2, -0.15) is 0 Å². The van der Waals surface area contributed by atoms with Gasteiger partial charge in [-0.25, -0.2) is 0 Å². The summed E-state index contributed by atoms with van der Waals surface area (Å²) in [6, 6.07) is 6.64. The van der Waals surface area contributed by atoms with E-state index in [1.54, 1.807) is 24.3 Å². The molecule has 0 spiro atoms. The quantitative estimate of drug-likeness (QED) is 0.758. The van der Waals surface area contributed by atoms with Gasteiger partial charge in [-0.05, 0) is 32.9 Å². The second kappa shape index (κ2) is 8.17. The number of hydrogen-bond donors (Lipinski definition) is 2. The maximum Gasteiger partial charge on any atom is 0.325 e. The number of carbonyl (C=O) groups is 3. The molecule has 7 heteroatoms. The lowest BCUT2D eigenvalue weighted by atomic mass is 10.1. The highest BCUT2D eigenvalue weighted by Crippen LogP contribution is 2.16. The Bertz CT molecular complexity index is 578. The van der Waals surface area contributed by atoms with Gasteiger partial charge in [0, 0.05) is 5.54 Å². The molecule has 0 aliphatic rings. The Morgan fingerprint density at radius 3 is 2.39 bits per heavy atom. The van der Waals surface area contributed by atoms with E-state index in [4.69, 9.17) is 9.47 Å². The summed E-state index contributed by atoms with van der Waals surface area (Å²) < 4.78 is 9.86. The van der Waals surface area contributed by atoms with Crippen LogP contribution in [0, 0.1) is 0 Å². The van der Waals surface area contributed by atoms with Crippen molar-refractivity contribution in [2.24, 2.45) is 0 Å². The molecule has 7 nitrogen and oxygen atoms in total. The predicted molar refractivity (Wildman–Crippen MR) is 84.2 cm³/mol. The summed E-state index contributed by atoms with van der Waals surface area (Å²) in [6.07, 6.45) is 0. The number of ether oxygens (including phenoxy) is 2. The number of benzene rings is 1. The van der Waals surface area contributed by atoms with Crippen LogP contribution in [0.3, 0.4) is 0 Å². The maximum atomic E-state index is 12.0. The van der Waals surface area contributed by atoms with Gasteiger partial charge < -0.3 is 20.1 Å². The largest absolute Gasteiger partial charge is 0.496 e. The van der Waals surface area contributed by atoms with Crippen molar-refractivity contribution < 1.29 is 23.9 Å². The third-order valence-electron chi connectivity index (χ3n) is 2.62. The number of esters is 1. The van der Waals surface area contributed by atoms with Crippen molar-refractivity contribution in [3.05, 3.63) is 29.8 Å². The first-order chi connectivity index (χ1) is 10.7. The van der Waals surface area contributed by atoms with Crippen LogP contribution in [0.5, 0.6) is 5.75 Å². The fourth-order valence-corrected chi connectivity index (χ4v) is 1.73. The van der Waals surface area contributed by atoms with E-state index in [1.165, 1.54) is 7.11 Å². The number of carbonyl (C=O) groups excluding carboxylic acids is 3. The molecule has 126 valence electrons. The zero-order valence-corrected chi connectivity index (χ0v) is 13.8. The van der Waals surface area contributed by atoms with Crippen LogP contribution in [0.25, 0.3) is 0 Å². The third-order valence-corrected chi connectivity index (χ3v) is 2.62. The van der Waals surface area contributed by atoms with Crippen LogP contribution in [0.15, 0.2) is 24.3 Å². The second-order valence-corrected chi connectivity index (χ2v) is 5.84. The molecular formula is C16H22N2O5. The van der Waals surface area contributed by atoms with Gasteiger partial charge in [-0.3, -0.25) is 14.4 Å². The molecule has 0 atom stereocenters. The van der Waals surface area contributed by atoms with E-state index >= 15 is 0 Å². The summed E-state index contributed by atoms with van der Waals surface area (Å²) >= 11 is 0. The van der Waals surface area contributed by atoms with Crippen molar-refractivity contribution in [1.82, 2.24) is 10.6 Å². The van der Waals surface area contributed by atoms with Crippen LogP contribution in [0.2, 0.25) is 0 Å². The van der Waals surface area contributed by atoms with Gasteiger partial charge >= 0.3 is 5.97 Å². The number of para-hydroxylation sites is 1. The standard InChI is InChI=1S/C16H22N2O5/c1-16(2,3)18-13(19)10-23-14(20)9-17-15(21)11-7-5-6-8-12(11)22-4/h5-8H,9-10H2,1-4H3,(H,17,21)(H,18,19). The Balaban J connectivity index is 2.41. The average molecular weight is 322 g/mol. The predicted octanol–water partition coefficient (Wildman–Crippen LogP) is 0.883. The number of nitrogens with one attached hydrogen (secondary N) is 2. The monoisotopic (exact) mass is 322 g/mol. The van der Waals surface area contributed by atoms with Crippen molar-refractivity contribution in [2.45, 2.75) is 26.3 Å². The van der Waals surface area contributed by atoms with Gasteiger partial charge in [0.1, 0.15) is 12.3 Å². The lowest BCUT2D eigenvalue weighted by Gasteiger charge is -2.20. The normalized spacial score (nSPS) is 10.6. The molecule has 0 aliphatic heterocycles. The smallest absolute Gasteiger partial charge is 0.325 e. The van der Waals surface area contributed by atoms with E-state index < -0.39 is 23.3 Å². The summed E-state index contributed by atoms with van der Waals surface area (Å²) in [5.41, 5.74) is -0.0880. The highest BCUT2D eigenvalue weighted by molar-refractivity contribution is 5.98. The van der Waals surface area contributed by atoms with E-state index in [2.05, 4.69) is 10.6 Å². The molecule has 0 aliphatic carbocycles. The molecule has 23 heavy (non-hydrogen) atoms. The van der Waals surface area contributed by atoms with Gasteiger partial charge in [0.25, 0.3) is 11.8 Å². The maximum absolute atomic E-state index is 12.0. The van der Waals surface area contributed by atoms with Crippen LogP contribution >= 0.6 is 0 Å². The molecule has 1 aromatic rings. The molecule has 1 rings (SSSR count). The fraction of sp³-hybridized carbons (Fsp3) is 0.438. The minimum atomic E-state index is -0.697. The minimum absolute atomic E-state index is 0.313. The molecule has 0 unspecified atom stereocenters. The summed E-state index contributed by atoms with van der Waals surface area (Å²) in [4.78, 5) is 35.0. The number of methoxy groups -OCH3 is 1. The first kappa shape index (κ1) is 18.5. The van der Waals surface area contributed by atoms with Gasteiger partial charge in [0.2, 0.25) is 0 Å². The minimum Gasteiger partial charge on any atom is -0.496 e. The van der Waals surface area contributed by atoms with Gasteiger partial charge in [0.05, 0.1) is 12.7 Å². The number of hydrogen-bond acceptors (Lipinski definition) is 5. The zero-order valence-electron chi connectivity index (χ0n) is 13.8. The molecule has 0 fully saturated rings. The lowest BCUT2D eigenvalue weighted by molar-refractivity contribution is -0.147. The average Bonchev–Trinajstić information content (AvgIpc) is 2.48. The summed E-state index contributed by atoms with van der Waals surface area (Å²) in [6.45, 7) is 4.74. The van der Waals surface area contributed by atoms with Crippen molar-refractivity contribution in [2.75, 3.05) is 20.3 Å². The van der Waals surface area contributed by atoms with E-state index in [0.717, 1.165) is 0 Å². The van der Waals surface area contributed by atoms with Crippen molar-refractivity contribution >= 4 is 17.8 Å². The first-order valence-electron chi connectivity index (χ1n) is 7.11. The Labute approximate surface area is 135 Å². The SMILES string of the molecule is COc1ccccc1C(=O)NCC(=O)OCC(=O)NC(C)(C)C. The lowest BCUT2D eigenvalue weighted by Crippen LogP contribution is -2.43. The highest BCUT2D eigenvalue weighted by Gasteiger charge is 2.16. The Kier molecular flexibility index (Phi) is 6.56. The number of rotatable bonds is 6. The van der Waals surface area contributed by atoms with Crippen LogP contribution < -0.4 is 15.4 Å². The molecule has 0 bridgehead atoms.